The second kappa shape index (κ2) is 10.8. The van der Waals surface area contributed by atoms with Crippen molar-refractivity contribution < 1.29 is 17.9 Å². The predicted octanol–water partition coefficient (Wildman–Crippen LogP) is 3.67. The molecule has 1 unspecified atom stereocenters. The second-order valence-corrected chi connectivity index (χ2v) is 5.94. The van der Waals surface area contributed by atoms with Crippen molar-refractivity contribution in [2.24, 2.45) is 10.9 Å². The number of likely N-dealkylation sites (tertiary alicyclic amines) is 1. The first kappa shape index (κ1) is 22.0. The molecule has 1 aliphatic heterocycles. The van der Waals surface area contributed by atoms with E-state index in [4.69, 9.17) is 4.74 Å². The zero-order valence-corrected chi connectivity index (χ0v) is 16.6. The van der Waals surface area contributed by atoms with Crippen molar-refractivity contribution in [1.29, 1.82) is 0 Å². The number of benzene rings is 1. The van der Waals surface area contributed by atoms with Gasteiger partial charge < -0.3 is 15.0 Å². The van der Waals surface area contributed by atoms with E-state index in [2.05, 4.69) is 10.3 Å². The van der Waals surface area contributed by atoms with Gasteiger partial charge >= 0.3 is 6.18 Å². The molecule has 1 fully saturated rings. The zero-order chi connectivity index (χ0) is 17.4. The monoisotopic (exact) mass is 471 g/mol. The summed E-state index contributed by atoms with van der Waals surface area (Å²) < 4.78 is 42.4. The van der Waals surface area contributed by atoms with E-state index >= 15 is 0 Å². The fourth-order valence-electron chi connectivity index (χ4n) is 2.73. The van der Waals surface area contributed by atoms with Crippen LogP contribution in [-0.2, 0) is 11.3 Å². The van der Waals surface area contributed by atoms with Crippen molar-refractivity contribution in [1.82, 2.24) is 10.2 Å². The predicted molar refractivity (Wildman–Crippen MR) is 103 cm³/mol. The molecule has 0 radical (unpaired) electrons. The Hall–Kier alpha value is -1.03. The van der Waals surface area contributed by atoms with Crippen LogP contribution in [0, 0.1) is 5.92 Å². The largest absolute Gasteiger partial charge is 0.390 e. The summed E-state index contributed by atoms with van der Waals surface area (Å²) >= 11 is 0. The normalized spacial score (nSPS) is 18.2. The van der Waals surface area contributed by atoms with Crippen molar-refractivity contribution in [3.8, 4) is 0 Å². The highest BCUT2D eigenvalue weighted by Gasteiger charge is 2.28. The molecule has 142 valence electrons. The number of aliphatic imine (C=N–C) groups is 1. The smallest absolute Gasteiger partial charge is 0.376 e. The van der Waals surface area contributed by atoms with E-state index in [-0.39, 0.29) is 30.5 Å². The van der Waals surface area contributed by atoms with Gasteiger partial charge in [0.25, 0.3) is 0 Å². The standard InChI is InChI=1S/C17H24F3N3O.HI/c1-21-16(22-9-8-17(18,19)20)23-10-7-15(11-23)13-24-12-14-5-3-2-4-6-14;/h2-6,15H,7-13H2,1H3,(H,21,22);1H. The highest BCUT2D eigenvalue weighted by Crippen LogP contribution is 2.19. The third kappa shape index (κ3) is 8.26. The lowest BCUT2D eigenvalue weighted by Gasteiger charge is -2.22. The summed E-state index contributed by atoms with van der Waals surface area (Å²) in [5.74, 6) is 0.902. The molecule has 4 nitrogen and oxygen atoms in total. The number of rotatable bonds is 6. The molecule has 1 N–H and O–H groups in total. The fraction of sp³-hybridized carbons (Fsp3) is 0.588. The first-order chi connectivity index (χ1) is 11.5. The van der Waals surface area contributed by atoms with Gasteiger partial charge in [-0.15, -0.1) is 24.0 Å². The topological polar surface area (TPSA) is 36.9 Å². The lowest BCUT2D eigenvalue weighted by atomic mass is 10.1. The van der Waals surface area contributed by atoms with E-state index in [1.807, 2.05) is 35.2 Å². The van der Waals surface area contributed by atoms with Crippen LogP contribution in [0.4, 0.5) is 13.2 Å². The molecule has 25 heavy (non-hydrogen) atoms. The number of halogens is 4. The average molecular weight is 471 g/mol. The highest BCUT2D eigenvalue weighted by atomic mass is 127. The van der Waals surface area contributed by atoms with Crippen molar-refractivity contribution >= 4 is 29.9 Å². The minimum absolute atomic E-state index is 0. The molecular formula is C17H25F3IN3O. The number of hydrogen-bond donors (Lipinski definition) is 1. The average Bonchev–Trinajstić information content (AvgIpc) is 3.00. The van der Waals surface area contributed by atoms with Gasteiger partial charge in [0.05, 0.1) is 19.6 Å². The lowest BCUT2D eigenvalue weighted by Crippen LogP contribution is -2.41. The summed E-state index contributed by atoms with van der Waals surface area (Å²) in [7, 11) is 1.59. The first-order valence-electron chi connectivity index (χ1n) is 8.12. The maximum absolute atomic E-state index is 12.2. The Morgan fingerprint density at radius 1 is 1.32 bits per heavy atom. The molecule has 0 aromatic heterocycles. The van der Waals surface area contributed by atoms with Crippen LogP contribution in [0.15, 0.2) is 35.3 Å². The molecule has 0 saturated carbocycles. The maximum Gasteiger partial charge on any atom is 0.390 e. The summed E-state index contributed by atoms with van der Waals surface area (Å²) in [6.07, 6.45) is -4.05. The van der Waals surface area contributed by atoms with Gasteiger partial charge in [0.2, 0.25) is 0 Å². The Balaban J connectivity index is 0.00000312. The van der Waals surface area contributed by atoms with Gasteiger partial charge in [-0.3, -0.25) is 4.99 Å². The Bertz CT molecular complexity index is 526. The van der Waals surface area contributed by atoms with Crippen LogP contribution >= 0.6 is 24.0 Å². The van der Waals surface area contributed by atoms with E-state index in [9.17, 15) is 13.2 Å². The van der Waals surface area contributed by atoms with E-state index in [1.165, 1.54) is 0 Å². The molecule has 0 amide bonds. The quantitative estimate of drug-likeness (QED) is 0.391. The number of guanidine groups is 1. The van der Waals surface area contributed by atoms with Crippen molar-refractivity contribution in [2.75, 3.05) is 33.3 Å². The van der Waals surface area contributed by atoms with Gasteiger partial charge in [-0.2, -0.15) is 13.2 Å². The third-order valence-corrected chi connectivity index (χ3v) is 3.95. The summed E-state index contributed by atoms with van der Waals surface area (Å²) in [5.41, 5.74) is 1.14. The minimum atomic E-state index is -4.15. The molecule has 1 saturated heterocycles. The fourth-order valence-corrected chi connectivity index (χ4v) is 2.73. The third-order valence-electron chi connectivity index (χ3n) is 3.95. The van der Waals surface area contributed by atoms with Crippen molar-refractivity contribution in [3.63, 3.8) is 0 Å². The maximum atomic E-state index is 12.2. The van der Waals surface area contributed by atoms with Crippen LogP contribution in [0.5, 0.6) is 0 Å². The Morgan fingerprint density at radius 3 is 2.68 bits per heavy atom. The molecule has 1 atom stereocenters. The van der Waals surface area contributed by atoms with Gasteiger partial charge in [0.1, 0.15) is 0 Å². The number of nitrogens with zero attached hydrogens (tertiary/aromatic N) is 2. The van der Waals surface area contributed by atoms with Gasteiger partial charge in [-0.1, -0.05) is 30.3 Å². The molecule has 0 bridgehead atoms. The summed E-state index contributed by atoms with van der Waals surface area (Å²) in [4.78, 5) is 6.07. The number of alkyl halides is 3. The van der Waals surface area contributed by atoms with Gasteiger partial charge in [0, 0.05) is 32.6 Å². The summed E-state index contributed by atoms with van der Waals surface area (Å²) in [6.45, 7) is 2.61. The molecule has 1 aliphatic rings. The highest BCUT2D eigenvalue weighted by molar-refractivity contribution is 14.0. The van der Waals surface area contributed by atoms with Gasteiger partial charge in [-0.05, 0) is 12.0 Å². The van der Waals surface area contributed by atoms with E-state index in [0.29, 0.717) is 25.1 Å². The second-order valence-electron chi connectivity index (χ2n) is 5.94. The molecule has 8 heteroatoms. The Kier molecular flexibility index (Phi) is 9.55. The van der Waals surface area contributed by atoms with Crippen LogP contribution in [-0.4, -0.2) is 50.3 Å². The zero-order valence-electron chi connectivity index (χ0n) is 14.3. The molecular weight excluding hydrogens is 446 g/mol. The minimum Gasteiger partial charge on any atom is -0.376 e. The van der Waals surface area contributed by atoms with Crippen LogP contribution in [0.3, 0.4) is 0 Å². The van der Waals surface area contributed by atoms with Gasteiger partial charge in [0.15, 0.2) is 5.96 Å². The number of nitrogens with one attached hydrogen (secondary N) is 1. The van der Waals surface area contributed by atoms with E-state index < -0.39 is 12.6 Å². The molecule has 0 spiro atoms. The molecule has 1 aromatic rings. The molecule has 1 heterocycles. The van der Waals surface area contributed by atoms with Crippen LogP contribution in [0.25, 0.3) is 0 Å². The van der Waals surface area contributed by atoms with Crippen molar-refractivity contribution in [3.05, 3.63) is 35.9 Å². The van der Waals surface area contributed by atoms with Crippen LogP contribution in [0.2, 0.25) is 0 Å². The Morgan fingerprint density at radius 2 is 2.04 bits per heavy atom. The Labute approximate surface area is 163 Å². The number of ether oxygens (including phenoxy) is 1. The molecule has 1 aromatic carbocycles. The molecule has 0 aliphatic carbocycles. The van der Waals surface area contributed by atoms with E-state index in [1.54, 1.807) is 7.05 Å². The van der Waals surface area contributed by atoms with Gasteiger partial charge in [-0.25, -0.2) is 0 Å². The summed E-state index contributed by atoms with van der Waals surface area (Å²) in [6, 6.07) is 9.97. The van der Waals surface area contributed by atoms with E-state index in [0.717, 1.165) is 25.1 Å². The van der Waals surface area contributed by atoms with Crippen LogP contribution in [0.1, 0.15) is 18.4 Å². The van der Waals surface area contributed by atoms with Crippen LogP contribution < -0.4 is 5.32 Å². The number of hydrogen-bond acceptors (Lipinski definition) is 2. The SMILES string of the molecule is CN=C(NCCC(F)(F)F)N1CCC(COCc2ccccc2)C1.I. The first-order valence-corrected chi connectivity index (χ1v) is 8.12. The lowest BCUT2D eigenvalue weighted by molar-refractivity contribution is -0.132. The molecule has 2 rings (SSSR count). The van der Waals surface area contributed by atoms with Crippen molar-refractivity contribution in [2.45, 2.75) is 25.6 Å². The summed E-state index contributed by atoms with van der Waals surface area (Å²) in [5, 5.41) is 2.79.